The number of amidine groups is 2. The Morgan fingerprint density at radius 2 is 1.88 bits per heavy atom. The minimum Gasteiger partial charge on any atom is -0.497 e. The van der Waals surface area contributed by atoms with Gasteiger partial charge in [0, 0.05) is 11.6 Å². The lowest BCUT2D eigenvalue weighted by molar-refractivity contribution is -0.407. The van der Waals surface area contributed by atoms with E-state index in [1.165, 1.54) is 29.8 Å². The SMILES string of the molecule is COc1ccc(NC(=O)CSC2=NC(C3CCCCC3)=NC3=[N+](C)C(=O)N(C)C(=O)C23)cc1. The molecule has 0 saturated heterocycles. The van der Waals surface area contributed by atoms with E-state index in [2.05, 4.69) is 10.3 Å². The first-order chi connectivity index (χ1) is 15.9. The van der Waals surface area contributed by atoms with Crippen LogP contribution in [0.5, 0.6) is 5.75 Å². The maximum Gasteiger partial charge on any atom is 0.445 e. The number of ether oxygens (including phenoxy) is 1. The summed E-state index contributed by atoms with van der Waals surface area (Å²) in [5.74, 6) is 0.695. The number of urea groups is 1. The Bertz CT molecular complexity index is 1060. The zero-order valence-electron chi connectivity index (χ0n) is 19.0. The maximum atomic E-state index is 13.0. The lowest BCUT2D eigenvalue weighted by Crippen LogP contribution is -2.55. The Kier molecular flexibility index (Phi) is 6.92. The molecule has 1 saturated carbocycles. The highest BCUT2D eigenvalue weighted by atomic mass is 32.2. The van der Waals surface area contributed by atoms with E-state index in [1.807, 2.05) is 0 Å². The van der Waals surface area contributed by atoms with Crippen molar-refractivity contribution in [2.24, 2.45) is 21.8 Å². The molecule has 174 valence electrons. The van der Waals surface area contributed by atoms with Gasteiger partial charge in [0.15, 0.2) is 5.92 Å². The normalized spacial score (nSPS) is 21.4. The van der Waals surface area contributed by atoms with Crippen molar-refractivity contribution >= 4 is 52.0 Å². The average Bonchev–Trinajstić information content (AvgIpc) is 2.85. The fraction of sp³-hybridized carbons (Fsp3) is 0.478. The number of fused-ring (bicyclic) bond motifs is 1. The van der Waals surface area contributed by atoms with Crippen molar-refractivity contribution < 1.29 is 23.7 Å². The molecule has 1 N–H and O–H groups in total. The summed E-state index contributed by atoms with van der Waals surface area (Å²) in [5, 5.41) is 3.36. The number of rotatable bonds is 5. The molecule has 9 nitrogen and oxygen atoms in total. The van der Waals surface area contributed by atoms with Gasteiger partial charge in [-0.15, -0.1) is 0 Å². The summed E-state index contributed by atoms with van der Waals surface area (Å²) < 4.78 is 6.55. The minimum absolute atomic E-state index is 0.0846. The number of thioether (sulfide) groups is 1. The summed E-state index contributed by atoms with van der Waals surface area (Å²) in [6.45, 7) is 0. The quantitative estimate of drug-likeness (QED) is 0.667. The number of nitrogens with one attached hydrogen (secondary N) is 1. The number of hydrogen-bond donors (Lipinski definition) is 1. The minimum atomic E-state index is -0.774. The van der Waals surface area contributed by atoms with E-state index in [0.717, 1.165) is 30.6 Å². The van der Waals surface area contributed by atoms with E-state index in [-0.39, 0.29) is 23.5 Å². The lowest BCUT2D eigenvalue weighted by atomic mass is 9.88. The predicted octanol–water partition coefficient (Wildman–Crippen LogP) is 3.01. The molecule has 1 aromatic carbocycles. The third-order valence-electron chi connectivity index (χ3n) is 6.15. The van der Waals surface area contributed by atoms with Crippen molar-refractivity contribution in [1.82, 2.24) is 4.90 Å². The van der Waals surface area contributed by atoms with Crippen molar-refractivity contribution in [3.05, 3.63) is 24.3 Å². The predicted molar refractivity (Wildman–Crippen MR) is 128 cm³/mol. The monoisotopic (exact) mass is 470 g/mol. The molecular weight excluding hydrogens is 442 g/mol. The number of aliphatic imine (C=N–C) groups is 2. The molecule has 1 fully saturated rings. The van der Waals surface area contributed by atoms with Gasteiger partial charge in [0.25, 0.3) is 5.84 Å². The van der Waals surface area contributed by atoms with Gasteiger partial charge >= 0.3 is 11.9 Å². The third-order valence-corrected chi connectivity index (χ3v) is 7.18. The topological polar surface area (TPSA) is 103 Å². The molecule has 33 heavy (non-hydrogen) atoms. The van der Waals surface area contributed by atoms with E-state index in [9.17, 15) is 14.4 Å². The number of benzene rings is 1. The zero-order valence-corrected chi connectivity index (χ0v) is 19.9. The maximum absolute atomic E-state index is 13.0. The number of anilines is 1. The molecule has 10 heteroatoms. The van der Waals surface area contributed by atoms with Crippen molar-refractivity contribution in [1.29, 1.82) is 0 Å². The van der Waals surface area contributed by atoms with Gasteiger partial charge in [-0.25, -0.2) is 9.79 Å². The summed E-state index contributed by atoms with van der Waals surface area (Å²) in [4.78, 5) is 48.6. The summed E-state index contributed by atoms with van der Waals surface area (Å²) in [6, 6.07) is 6.65. The molecular formula is C23H28N5O4S+. The Morgan fingerprint density at radius 1 is 1.18 bits per heavy atom. The highest BCUT2D eigenvalue weighted by molar-refractivity contribution is 8.14. The molecule has 1 aromatic rings. The molecule has 2 aliphatic heterocycles. The van der Waals surface area contributed by atoms with E-state index in [0.29, 0.717) is 28.2 Å². The number of methoxy groups -OCH3 is 1. The molecule has 1 aliphatic carbocycles. The standard InChI is InChI=1S/C23H27N5O4S/c1-27-20-18(22(30)28(2)23(27)31)21(26-19(25-20)14-7-5-4-6-8-14)33-13-17(29)24-15-9-11-16(32-3)12-10-15/h9-12,14,18H,4-8,13H2,1-3H3/p+1. The number of hydrogen-bond acceptors (Lipinski definition) is 7. The molecule has 0 radical (unpaired) electrons. The van der Waals surface area contributed by atoms with Crippen LogP contribution in [-0.4, -0.2) is 71.0 Å². The summed E-state index contributed by atoms with van der Waals surface area (Å²) in [5.41, 5.74) is 0.655. The molecule has 1 unspecified atom stereocenters. The first-order valence-electron chi connectivity index (χ1n) is 11.0. The summed E-state index contributed by atoms with van der Waals surface area (Å²) >= 11 is 1.22. The molecule has 4 rings (SSSR count). The Morgan fingerprint density at radius 3 is 2.55 bits per heavy atom. The van der Waals surface area contributed by atoms with Crippen molar-refractivity contribution in [3.63, 3.8) is 0 Å². The van der Waals surface area contributed by atoms with Gasteiger partial charge in [-0.05, 0) is 37.1 Å². The first kappa shape index (κ1) is 23.2. The summed E-state index contributed by atoms with van der Waals surface area (Å²) in [7, 11) is 4.66. The third kappa shape index (κ3) is 4.85. The van der Waals surface area contributed by atoms with Crippen molar-refractivity contribution in [2.45, 2.75) is 32.1 Å². The van der Waals surface area contributed by atoms with Gasteiger partial charge in [-0.3, -0.25) is 9.59 Å². The van der Waals surface area contributed by atoms with Gasteiger partial charge in [0.1, 0.15) is 10.8 Å². The van der Waals surface area contributed by atoms with Gasteiger partial charge in [-0.1, -0.05) is 36.0 Å². The van der Waals surface area contributed by atoms with Crippen LogP contribution in [0.2, 0.25) is 0 Å². The molecule has 3 aliphatic rings. The van der Waals surface area contributed by atoms with Crippen LogP contribution in [0.3, 0.4) is 0 Å². The van der Waals surface area contributed by atoms with Crippen LogP contribution < -0.4 is 10.1 Å². The van der Waals surface area contributed by atoms with Crippen LogP contribution >= 0.6 is 11.8 Å². The van der Waals surface area contributed by atoms with Gasteiger partial charge < -0.3 is 10.1 Å². The fourth-order valence-electron chi connectivity index (χ4n) is 4.26. The smallest absolute Gasteiger partial charge is 0.445 e. The van der Waals surface area contributed by atoms with E-state index in [4.69, 9.17) is 9.73 Å². The molecule has 1 atom stereocenters. The number of carbonyl (C=O) groups excluding carboxylic acids is 3. The van der Waals surface area contributed by atoms with Gasteiger partial charge in [0.2, 0.25) is 11.7 Å². The largest absolute Gasteiger partial charge is 0.497 e. The number of nitrogens with zero attached hydrogens (tertiary/aromatic N) is 4. The van der Waals surface area contributed by atoms with Crippen LogP contribution in [-0.2, 0) is 9.59 Å². The van der Waals surface area contributed by atoms with Gasteiger partial charge in [0.05, 0.1) is 27.0 Å². The number of amides is 4. The highest BCUT2D eigenvalue weighted by Gasteiger charge is 2.49. The van der Waals surface area contributed by atoms with Crippen molar-refractivity contribution in [2.75, 3.05) is 32.3 Å². The molecule has 4 amide bonds. The Labute approximate surface area is 197 Å². The molecule has 0 aromatic heterocycles. The second kappa shape index (κ2) is 9.86. The average molecular weight is 471 g/mol. The highest BCUT2D eigenvalue weighted by Crippen LogP contribution is 2.31. The van der Waals surface area contributed by atoms with Crippen LogP contribution in [0.4, 0.5) is 10.5 Å². The molecule has 2 heterocycles. The van der Waals surface area contributed by atoms with E-state index in [1.54, 1.807) is 38.4 Å². The van der Waals surface area contributed by atoms with E-state index < -0.39 is 11.9 Å². The second-order valence-electron chi connectivity index (χ2n) is 8.35. The lowest BCUT2D eigenvalue weighted by Gasteiger charge is -2.28. The van der Waals surface area contributed by atoms with Crippen LogP contribution in [0, 0.1) is 11.8 Å². The summed E-state index contributed by atoms with van der Waals surface area (Å²) in [6.07, 6.45) is 5.40. The Balaban J connectivity index is 1.55. The first-order valence-corrected chi connectivity index (χ1v) is 12.0. The second-order valence-corrected chi connectivity index (χ2v) is 9.35. The molecule has 0 bridgehead atoms. The van der Waals surface area contributed by atoms with Gasteiger partial charge in [-0.2, -0.15) is 9.48 Å². The number of carbonyl (C=O) groups is 3. The van der Waals surface area contributed by atoms with E-state index >= 15 is 0 Å². The fourth-order valence-corrected chi connectivity index (χ4v) is 5.14. The Hall–Kier alpha value is -3.01. The zero-order chi connectivity index (χ0) is 23.5. The van der Waals surface area contributed by atoms with Crippen LogP contribution in [0.15, 0.2) is 34.3 Å². The van der Waals surface area contributed by atoms with Crippen LogP contribution in [0.1, 0.15) is 32.1 Å². The number of imide groups is 1. The van der Waals surface area contributed by atoms with Crippen LogP contribution in [0.25, 0.3) is 0 Å². The molecule has 0 spiro atoms. The van der Waals surface area contributed by atoms with Crippen molar-refractivity contribution in [3.8, 4) is 5.75 Å².